The molecule has 1 aromatic heterocycles. The second-order valence-corrected chi connectivity index (χ2v) is 5.59. The van der Waals surface area contributed by atoms with Gasteiger partial charge in [0.25, 0.3) is 0 Å². The van der Waals surface area contributed by atoms with E-state index in [0.29, 0.717) is 6.42 Å². The van der Waals surface area contributed by atoms with Crippen molar-refractivity contribution in [2.24, 2.45) is 0 Å². The lowest BCUT2D eigenvalue weighted by Gasteiger charge is -2.16. The van der Waals surface area contributed by atoms with Crippen LogP contribution in [0.2, 0.25) is 0 Å². The summed E-state index contributed by atoms with van der Waals surface area (Å²) in [6, 6.07) is 4.11. The lowest BCUT2D eigenvalue weighted by Crippen LogP contribution is -2.21. The molecule has 0 fully saturated rings. The van der Waals surface area contributed by atoms with Gasteiger partial charge in [-0.3, -0.25) is 0 Å². The highest BCUT2D eigenvalue weighted by Gasteiger charge is 2.04. The first-order valence-electron chi connectivity index (χ1n) is 6.17. The monoisotopic (exact) mass is 267 g/mol. The second kappa shape index (κ2) is 8.28. The Morgan fingerprint density at radius 1 is 1.44 bits per heavy atom. The molecule has 1 atom stereocenters. The molecule has 1 aromatic rings. The van der Waals surface area contributed by atoms with Crippen LogP contribution in [0.25, 0.3) is 0 Å². The summed E-state index contributed by atoms with van der Waals surface area (Å²) in [6.07, 6.45) is 1.09. The van der Waals surface area contributed by atoms with Crippen LogP contribution in [0.1, 0.15) is 29.5 Å². The molecule has 18 heavy (non-hydrogen) atoms. The maximum atomic E-state index is 9.23. The van der Waals surface area contributed by atoms with Crippen LogP contribution in [0.5, 0.6) is 0 Å². The Kier molecular flexibility index (Phi) is 6.99. The minimum absolute atomic E-state index is 0.118. The van der Waals surface area contributed by atoms with Gasteiger partial charge in [0.15, 0.2) is 0 Å². The van der Waals surface area contributed by atoms with Crippen LogP contribution in [-0.4, -0.2) is 41.4 Å². The summed E-state index contributed by atoms with van der Waals surface area (Å²) in [5, 5.41) is 17.9. The summed E-state index contributed by atoms with van der Waals surface area (Å²) in [5.74, 6) is 5.96. The van der Waals surface area contributed by atoms with E-state index in [9.17, 15) is 5.11 Å². The van der Waals surface area contributed by atoms with Crippen LogP contribution in [0.15, 0.2) is 12.1 Å². The molecule has 0 aromatic carbocycles. The number of hydrogen-bond acceptors (Lipinski definition) is 4. The van der Waals surface area contributed by atoms with Gasteiger partial charge in [-0.05, 0) is 32.5 Å². The zero-order valence-corrected chi connectivity index (χ0v) is 11.8. The normalized spacial score (nSPS) is 12.3. The highest BCUT2D eigenvalue weighted by molar-refractivity contribution is 7.12. The number of hydrogen-bond donors (Lipinski definition) is 2. The number of thiophene rings is 1. The van der Waals surface area contributed by atoms with Gasteiger partial charge in [-0.15, -0.1) is 11.3 Å². The van der Waals surface area contributed by atoms with E-state index in [2.05, 4.69) is 29.9 Å². The van der Waals surface area contributed by atoms with Gasteiger partial charge in [0.05, 0.1) is 17.6 Å². The van der Waals surface area contributed by atoms with Crippen LogP contribution in [0.3, 0.4) is 0 Å². The van der Waals surface area contributed by atoms with E-state index in [1.165, 1.54) is 4.88 Å². The molecule has 2 N–H and O–H groups in total. The molecule has 0 aliphatic carbocycles. The Morgan fingerprint density at radius 2 is 2.22 bits per heavy atom. The van der Waals surface area contributed by atoms with Crippen molar-refractivity contribution in [1.82, 2.24) is 4.90 Å². The zero-order valence-electron chi connectivity index (χ0n) is 11.0. The molecule has 1 unspecified atom stereocenters. The average Bonchev–Trinajstić information content (AvgIpc) is 2.74. The first-order valence-corrected chi connectivity index (χ1v) is 6.98. The summed E-state index contributed by atoms with van der Waals surface area (Å²) >= 11 is 1.69. The molecule has 100 valence electrons. The summed E-state index contributed by atoms with van der Waals surface area (Å²) in [5.41, 5.74) is 0. The Labute approximate surface area is 113 Å². The largest absolute Gasteiger partial charge is 0.395 e. The van der Waals surface area contributed by atoms with Crippen LogP contribution in [0.4, 0.5) is 0 Å². The molecule has 3 nitrogen and oxygen atoms in total. The molecule has 0 radical (unpaired) electrons. The molecule has 0 saturated carbocycles. The number of aliphatic hydroxyl groups is 2. The Bertz CT molecular complexity index is 403. The smallest absolute Gasteiger partial charge is 0.0771 e. The summed E-state index contributed by atoms with van der Waals surface area (Å²) in [6.45, 7) is 3.71. The quantitative estimate of drug-likeness (QED) is 0.771. The Hall–Kier alpha value is -0.860. The van der Waals surface area contributed by atoms with Gasteiger partial charge in [-0.1, -0.05) is 11.8 Å². The molecular weight excluding hydrogens is 246 g/mol. The van der Waals surface area contributed by atoms with Gasteiger partial charge < -0.3 is 15.1 Å². The van der Waals surface area contributed by atoms with Gasteiger partial charge in [0, 0.05) is 24.4 Å². The average molecular weight is 267 g/mol. The molecule has 0 saturated heterocycles. The van der Waals surface area contributed by atoms with Crippen LogP contribution < -0.4 is 0 Å². The van der Waals surface area contributed by atoms with Gasteiger partial charge >= 0.3 is 0 Å². The maximum absolute atomic E-state index is 9.23. The van der Waals surface area contributed by atoms with Crippen molar-refractivity contribution in [2.75, 3.05) is 20.2 Å². The highest BCUT2D eigenvalue weighted by Crippen LogP contribution is 2.17. The first-order chi connectivity index (χ1) is 8.61. The maximum Gasteiger partial charge on any atom is 0.0771 e. The van der Waals surface area contributed by atoms with E-state index in [-0.39, 0.29) is 12.7 Å². The fraction of sp³-hybridized carbons (Fsp3) is 0.571. The molecule has 1 rings (SSSR count). The minimum atomic E-state index is -0.240. The van der Waals surface area contributed by atoms with Crippen LogP contribution in [-0.2, 0) is 6.54 Å². The number of nitrogens with zero attached hydrogens (tertiary/aromatic N) is 1. The van der Waals surface area contributed by atoms with Gasteiger partial charge in [-0.25, -0.2) is 0 Å². The van der Waals surface area contributed by atoms with E-state index in [1.807, 2.05) is 13.0 Å². The molecule has 0 spiro atoms. The summed E-state index contributed by atoms with van der Waals surface area (Å²) in [7, 11) is 2.05. The van der Waals surface area contributed by atoms with Crippen molar-refractivity contribution in [3.8, 4) is 11.8 Å². The fourth-order valence-electron chi connectivity index (χ4n) is 1.49. The van der Waals surface area contributed by atoms with Crippen molar-refractivity contribution < 1.29 is 10.2 Å². The van der Waals surface area contributed by atoms with E-state index >= 15 is 0 Å². The van der Waals surface area contributed by atoms with E-state index < -0.39 is 0 Å². The third kappa shape index (κ3) is 6.18. The lowest BCUT2D eigenvalue weighted by atomic mass is 10.3. The molecule has 4 heteroatoms. The van der Waals surface area contributed by atoms with Crippen molar-refractivity contribution in [3.63, 3.8) is 0 Å². The first kappa shape index (κ1) is 15.2. The molecule has 0 aliphatic heterocycles. The second-order valence-electron chi connectivity index (χ2n) is 4.42. The van der Waals surface area contributed by atoms with E-state index in [1.54, 1.807) is 11.3 Å². The zero-order chi connectivity index (χ0) is 13.4. The molecule has 1 heterocycles. The van der Waals surface area contributed by atoms with E-state index in [0.717, 1.165) is 24.4 Å². The lowest BCUT2D eigenvalue weighted by molar-refractivity contribution is 0.163. The Morgan fingerprint density at radius 3 is 2.89 bits per heavy atom. The molecule has 0 amide bonds. The minimum Gasteiger partial charge on any atom is -0.395 e. The predicted octanol–water partition coefficient (Wildman–Crippen LogP) is 1.68. The van der Waals surface area contributed by atoms with Crippen molar-refractivity contribution in [3.05, 3.63) is 21.9 Å². The summed E-state index contributed by atoms with van der Waals surface area (Å²) in [4.78, 5) is 4.52. The van der Waals surface area contributed by atoms with Crippen LogP contribution >= 0.6 is 11.3 Å². The van der Waals surface area contributed by atoms with Gasteiger partial charge in [0.2, 0.25) is 0 Å². The molecular formula is C14H21NO2S. The molecule has 0 bridgehead atoms. The van der Waals surface area contributed by atoms with Crippen molar-refractivity contribution in [2.45, 2.75) is 32.4 Å². The topological polar surface area (TPSA) is 43.7 Å². The third-order valence-electron chi connectivity index (χ3n) is 2.46. The predicted molar refractivity (Wildman–Crippen MR) is 75.5 cm³/mol. The number of aliphatic hydroxyl groups excluding tert-OH is 2. The summed E-state index contributed by atoms with van der Waals surface area (Å²) < 4.78 is 0. The Balaban J connectivity index is 2.41. The van der Waals surface area contributed by atoms with Gasteiger partial charge in [-0.2, -0.15) is 0 Å². The highest BCUT2D eigenvalue weighted by atomic mass is 32.1. The third-order valence-corrected chi connectivity index (χ3v) is 3.45. The molecule has 0 aliphatic rings. The van der Waals surface area contributed by atoms with E-state index in [4.69, 9.17) is 5.11 Å². The van der Waals surface area contributed by atoms with Crippen molar-refractivity contribution >= 4 is 11.3 Å². The fourth-order valence-corrected chi connectivity index (χ4v) is 2.45. The standard InChI is InChI=1S/C14H21NO2S/c1-12(17)8-9-15(2)11-14-7-6-13(18-14)5-3-4-10-16/h6-7,12,16-17H,4,8-11H2,1-2H3. The van der Waals surface area contributed by atoms with Gasteiger partial charge in [0.1, 0.15) is 0 Å². The van der Waals surface area contributed by atoms with Crippen LogP contribution in [0, 0.1) is 11.8 Å². The number of rotatable bonds is 6. The van der Waals surface area contributed by atoms with Crippen molar-refractivity contribution in [1.29, 1.82) is 0 Å². The SMILES string of the molecule is CC(O)CCN(C)Cc1ccc(C#CCCO)s1.